The summed E-state index contributed by atoms with van der Waals surface area (Å²) >= 11 is 4.92. The molecule has 0 aliphatic heterocycles. The molecule has 3 rings (SSSR count). The fourth-order valence-corrected chi connectivity index (χ4v) is 3.15. The monoisotopic (exact) mass is 391 g/mol. The second-order valence-electron chi connectivity index (χ2n) is 6.30. The van der Waals surface area contributed by atoms with Crippen molar-refractivity contribution in [1.82, 2.24) is 14.8 Å². The van der Waals surface area contributed by atoms with Crippen LogP contribution in [-0.2, 0) is 19.4 Å². The van der Waals surface area contributed by atoms with Crippen molar-refractivity contribution in [1.29, 1.82) is 0 Å². The van der Waals surface area contributed by atoms with E-state index in [1.54, 1.807) is 11.4 Å². The Hall–Kier alpha value is -3.12. The average Bonchev–Trinajstić information content (AvgIpc) is 3.08. The van der Waals surface area contributed by atoms with Gasteiger partial charge in [0.2, 0.25) is 0 Å². The molecule has 28 heavy (non-hydrogen) atoms. The van der Waals surface area contributed by atoms with E-state index in [0.717, 1.165) is 17.0 Å². The topological polar surface area (TPSA) is 68.0 Å². The summed E-state index contributed by atoms with van der Waals surface area (Å²) in [7, 11) is 0. The quantitative estimate of drug-likeness (QED) is 0.457. The summed E-state index contributed by atoms with van der Waals surface area (Å²) in [6.07, 6.45) is 5.17. The molecular weight excluding hydrogens is 370 g/mol. The summed E-state index contributed by atoms with van der Waals surface area (Å²) in [6.45, 7) is 2.41. The molecule has 6 heteroatoms. The number of carboxylic acids is 1. The van der Waals surface area contributed by atoms with Crippen LogP contribution in [0.15, 0.2) is 60.7 Å². The Labute approximate surface area is 169 Å². The summed E-state index contributed by atoms with van der Waals surface area (Å²) in [6, 6.07) is 15.0. The van der Waals surface area contributed by atoms with Crippen molar-refractivity contribution < 1.29 is 9.90 Å². The van der Waals surface area contributed by atoms with Crippen molar-refractivity contribution in [2.75, 3.05) is 0 Å². The van der Waals surface area contributed by atoms with Crippen LogP contribution in [0, 0.1) is 0 Å². The summed E-state index contributed by atoms with van der Waals surface area (Å²) < 4.78 is 1.82. The molecule has 0 aliphatic rings. The van der Waals surface area contributed by atoms with Gasteiger partial charge in [0, 0.05) is 12.8 Å². The van der Waals surface area contributed by atoms with E-state index in [0.29, 0.717) is 30.8 Å². The lowest BCUT2D eigenvalue weighted by molar-refractivity contribution is 0.0697. The second-order valence-corrected chi connectivity index (χ2v) is 6.63. The van der Waals surface area contributed by atoms with Crippen molar-refractivity contribution in [3.8, 4) is 11.1 Å². The number of aromatic carboxylic acids is 1. The van der Waals surface area contributed by atoms with E-state index >= 15 is 0 Å². The zero-order valence-electron chi connectivity index (χ0n) is 15.6. The van der Waals surface area contributed by atoms with E-state index in [9.17, 15) is 9.90 Å². The number of hydrogen-bond donors (Lipinski definition) is 1. The molecule has 0 unspecified atom stereocenters. The molecule has 142 valence electrons. The standard InChI is InChI=1S/C22H21N3O2S/c1-2-3-9-21-23-20(12-13-28)24-25(21)15-16-10-11-18(19(14-16)22(26)27)17-7-5-4-6-8-17/h2-8,10-11,13-14H,9,12,15H2,1H3,(H,26,27). The van der Waals surface area contributed by atoms with Crippen LogP contribution >= 0.6 is 12.2 Å². The third kappa shape index (κ3) is 4.58. The van der Waals surface area contributed by atoms with Gasteiger partial charge < -0.3 is 5.11 Å². The summed E-state index contributed by atoms with van der Waals surface area (Å²) in [5.41, 5.74) is 2.71. The van der Waals surface area contributed by atoms with Gasteiger partial charge in [0.25, 0.3) is 0 Å². The Morgan fingerprint density at radius 1 is 1.18 bits per heavy atom. The predicted molar refractivity (Wildman–Crippen MR) is 114 cm³/mol. The molecule has 1 heterocycles. The molecule has 1 N–H and O–H groups in total. The third-order valence-electron chi connectivity index (χ3n) is 4.33. The minimum absolute atomic E-state index is 0.276. The Morgan fingerprint density at radius 3 is 2.64 bits per heavy atom. The van der Waals surface area contributed by atoms with Crippen LogP contribution in [0.1, 0.15) is 34.5 Å². The molecule has 3 aromatic rings. The lowest BCUT2D eigenvalue weighted by atomic mass is 9.97. The predicted octanol–water partition coefficient (Wildman–Crippen LogP) is 4.35. The van der Waals surface area contributed by atoms with Crippen LogP contribution in [0.25, 0.3) is 11.1 Å². The summed E-state index contributed by atoms with van der Waals surface area (Å²) in [5, 5.41) is 15.8. The average molecular weight is 391 g/mol. The van der Waals surface area contributed by atoms with Gasteiger partial charge in [0.05, 0.1) is 12.1 Å². The van der Waals surface area contributed by atoms with E-state index in [-0.39, 0.29) is 5.56 Å². The SMILES string of the molecule is CC=CCc1nc(CC=S)nn1Cc1ccc(-c2ccccc2)c(C(=O)O)c1. The number of carbonyl (C=O) groups is 1. The van der Waals surface area contributed by atoms with Gasteiger partial charge in [-0.25, -0.2) is 14.5 Å². The molecule has 0 atom stereocenters. The Kier molecular flexibility index (Phi) is 6.45. The van der Waals surface area contributed by atoms with Crippen molar-refractivity contribution in [3.63, 3.8) is 0 Å². The van der Waals surface area contributed by atoms with Crippen molar-refractivity contribution in [2.24, 2.45) is 0 Å². The highest BCUT2D eigenvalue weighted by Gasteiger charge is 2.14. The fourth-order valence-electron chi connectivity index (χ4n) is 3.00. The first kappa shape index (κ1) is 19.6. The van der Waals surface area contributed by atoms with Crippen LogP contribution in [-0.4, -0.2) is 31.2 Å². The lowest BCUT2D eigenvalue weighted by Gasteiger charge is -2.10. The third-order valence-corrected chi connectivity index (χ3v) is 4.49. The van der Waals surface area contributed by atoms with Gasteiger partial charge in [-0.15, -0.1) is 0 Å². The van der Waals surface area contributed by atoms with Crippen LogP contribution in [0.4, 0.5) is 0 Å². The fraction of sp³-hybridized carbons (Fsp3) is 0.182. The molecule has 0 amide bonds. The zero-order valence-corrected chi connectivity index (χ0v) is 16.4. The Morgan fingerprint density at radius 2 is 1.96 bits per heavy atom. The molecule has 0 radical (unpaired) electrons. The van der Waals surface area contributed by atoms with Crippen LogP contribution < -0.4 is 0 Å². The summed E-state index contributed by atoms with van der Waals surface area (Å²) in [5.74, 6) is 0.553. The number of benzene rings is 2. The molecule has 5 nitrogen and oxygen atoms in total. The Bertz CT molecular complexity index is 1010. The molecule has 0 saturated heterocycles. The van der Waals surface area contributed by atoms with E-state index in [1.807, 2.05) is 66.2 Å². The van der Waals surface area contributed by atoms with Gasteiger partial charge in [-0.2, -0.15) is 5.10 Å². The van der Waals surface area contributed by atoms with Crippen molar-refractivity contribution in [3.05, 3.63) is 83.5 Å². The molecule has 0 saturated carbocycles. The first-order valence-electron chi connectivity index (χ1n) is 9.01. The zero-order chi connectivity index (χ0) is 19.9. The van der Waals surface area contributed by atoms with Crippen molar-refractivity contribution in [2.45, 2.75) is 26.3 Å². The smallest absolute Gasteiger partial charge is 0.336 e. The lowest BCUT2D eigenvalue weighted by Crippen LogP contribution is -2.08. The molecular formula is C22H21N3O2S. The number of carboxylic acid groups (broad SMARTS) is 1. The molecule has 0 bridgehead atoms. The van der Waals surface area contributed by atoms with Crippen LogP contribution in [0.2, 0.25) is 0 Å². The Balaban J connectivity index is 1.96. The first-order valence-corrected chi connectivity index (χ1v) is 9.48. The number of rotatable bonds is 8. The van der Waals surface area contributed by atoms with Crippen molar-refractivity contribution >= 4 is 23.6 Å². The number of aromatic nitrogens is 3. The molecule has 0 fully saturated rings. The number of nitrogens with zero attached hydrogens (tertiary/aromatic N) is 3. The normalized spacial score (nSPS) is 11.0. The minimum atomic E-state index is -0.949. The number of thiocarbonyl (C=S) groups is 1. The highest BCUT2D eigenvalue weighted by atomic mass is 32.1. The van der Waals surface area contributed by atoms with E-state index in [2.05, 4.69) is 10.1 Å². The van der Waals surface area contributed by atoms with Gasteiger partial charge in [-0.1, -0.05) is 66.8 Å². The maximum absolute atomic E-state index is 11.8. The molecule has 2 aromatic carbocycles. The van der Waals surface area contributed by atoms with Gasteiger partial charge in [0.15, 0.2) is 5.82 Å². The van der Waals surface area contributed by atoms with Gasteiger partial charge >= 0.3 is 5.97 Å². The summed E-state index contributed by atoms with van der Waals surface area (Å²) in [4.78, 5) is 16.4. The molecule has 1 aromatic heterocycles. The highest BCUT2D eigenvalue weighted by Crippen LogP contribution is 2.25. The molecule has 0 aliphatic carbocycles. The minimum Gasteiger partial charge on any atom is -0.478 e. The van der Waals surface area contributed by atoms with E-state index < -0.39 is 5.97 Å². The maximum Gasteiger partial charge on any atom is 0.336 e. The van der Waals surface area contributed by atoms with E-state index in [4.69, 9.17) is 12.2 Å². The van der Waals surface area contributed by atoms with E-state index in [1.165, 1.54) is 0 Å². The van der Waals surface area contributed by atoms with Gasteiger partial charge in [0.1, 0.15) is 5.82 Å². The van der Waals surface area contributed by atoms with Crippen LogP contribution in [0.3, 0.4) is 0 Å². The van der Waals surface area contributed by atoms with Gasteiger partial charge in [-0.3, -0.25) is 0 Å². The second kappa shape index (κ2) is 9.19. The molecule has 0 spiro atoms. The first-order chi connectivity index (χ1) is 13.6. The number of allylic oxidation sites excluding steroid dienone is 2. The maximum atomic E-state index is 11.8. The van der Waals surface area contributed by atoms with Crippen LogP contribution in [0.5, 0.6) is 0 Å². The largest absolute Gasteiger partial charge is 0.478 e. The van der Waals surface area contributed by atoms with Gasteiger partial charge in [-0.05, 0) is 35.0 Å². The number of hydrogen-bond acceptors (Lipinski definition) is 4. The highest BCUT2D eigenvalue weighted by molar-refractivity contribution is 7.78.